The van der Waals surface area contributed by atoms with Crippen LogP contribution in [0.4, 0.5) is 0 Å². The second-order valence-electron chi connectivity index (χ2n) is 5.59. The number of nitrogens with zero attached hydrogens (tertiary/aromatic N) is 1. The molecule has 122 valence electrons. The van der Waals surface area contributed by atoms with Crippen molar-refractivity contribution in [2.24, 2.45) is 7.05 Å². The van der Waals surface area contributed by atoms with Gasteiger partial charge in [0.1, 0.15) is 5.69 Å². The highest BCUT2D eigenvalue weighted by Crippen LogP contribution is 2.16. The number of terminal acetylenes is 1. The van der Waals surface area contributed by atoms with Crippen molar-refractivity contribution in [3.05, 3.63) is 74.7 Å². The number of aromatic nitrogens is 1. The van der Waals surface area contributed by atoms with Crippen molar-refractivity contribution in [3.8, 4) is 12.3 Å². The van der Waals surface area contributed by atoms with Crippen LogP contribution in [-0.2, 0) is 7.05 Å². The van der Waals surface area contributed by atoms with E-state index in [0.717, 1.165) is 11.1 Å². The molecule has 0 bridgehead atoms. The summed E-state index contributed by atoms with van der Waals surface area (Å²) in [5.41, 5.74) is 4.20. The van der Waals surface area contributed by atoms with Gasteiger partial charge in [0.05, 0.1) is 0 Å². The van der Waals surface area contributed by atoms with Gasteiger partial charge in [0.25, 0.3) is 11.5 Å². The maximum absolute atomic E-state index is 12.5. The first kappa shape index (κ1) is 17.3. The maximum atomic E-state index is 12.5. The molecule has 0 atom stereocenters. The van der Waals surface area contributed by atoms with Gasteiger partial charge in [-0.2, -0.15) is 0 Å². The molecule has 0 aliphatic rings. The number of allylic oxidation sites excluding steroid dienone is 1. The Hall–Kier alpha value is -3.06. The Labute approximate surface area is 141 Å². The Morgan fingerprint density at radius 1 is 1.21 bits per heavy atom. The number of benzene rings is 1. The van der Waals surface area contributed by atoms with Crippen molar-refractivity contribution >= 4 is 11.6 Å². The summed E-state index contributed by atoms with van der Waals surface area (Å²) in [6, 6.07) is 8.61. The van der Waals surface area contributed by atoms with Crippen LogP contribution in [0, 0.1) is 26.2 Å². The summed E-state index contributed by atoms with van der Waals surface area (Å²) in [6.45, 7) is 5.77. The molecule has 0 saturated heterocycles. The summed E-state index contributed by atoms with van der Waals surface area (Å²) in [5, 5.41) is 2.88. The van der Waals surface area contributed by atoms with Crippen LogP contribution >= 0.6 is 0 Å². The second kappa shape index (κ2) is 7.01. The standard InChI is InChI=1S/C20H20N2O2/c1-6-17(16-10-11-19(23)22(5)18(16)7-2)21-20(24)15-9-8-13(3)14(4)12-15/h2,6,8-12H,1,3-5H3,(H,21,24)/b17-6+. The molecule has 1 N–H and O–H groups in total. The molecule has 1 amide bonds. The molecule has 2 rings (SSSR count). The zero-order chi connectivity index (χ0) is 17.9. The predicted molar refractivity (Wildman–Crippen MR) is 96.7 cm³/mol. The van der Waals surface area contributed by atoms with Crippen molar-refractivity contribution in [2.45, 2.75) is 20.8 Å². The molecule has 4 nitrogen and oxygen atoms in total. The average molecular weight is 320 g/mol. The molecule has 24 heavy (non-hydrogen) atoms. The van der Waals surface area contributed by atoms with E-state index in [9.17, 15) is 9.59 Å². The van der Waals surface area contributed by atoms with Crippen molar-refractivity contribution in [2.75, 3.05) is 0 Å². The van der Waals surface area contributed by atoms with Crippen molar-refractivity contribution in [3.63, 3.8) is 0 Å². The molecular weight excluding hydrogens is 300 g/mol. The third kappa shape index (κ3) is 3.31. The van der Waals surface area contributed by atoms with Gasteiger partial charge in [0.15, 0.2) is 0 Å². The molecule has 0 fully saturated rings. The Bertz CT molecular complexity index is 928. The summed E-state index contributed by atoms with van der Waals surface area (Å²) in [6.07, 6.45) is 7.31. The highest BCUT2D eigenvalue weighted by atomic mass is 16.1. The minimum atomic E-state index is -0.219. The minimum absolute atomic E-state index is 0.192. The lowest BCUT2D eigenvalue weighted by Crippen LogP contribution is -2.25. The molecule has 0 aliphatic heterocycles. The van der Waals surface area contributed by atoms with Crippen LogP contribution in [0.5, 0.6) is 0 Å². The van der Waals surface area contributed by atoms with Gasteiger partial charge in [-0.05, 0) is 50.1 Å². The number of carbonyl (C=O) groups excluding carboxylic acids is 1. The number of amides is 1. The number of pyridine rings is 1. The molecular formula is C20H20N2O2. The van der Waals surface area contributed by atoms with E-state index in [1.165, 1.54) is 10.6 Å². The van der Waals surface area contributed by atoms with E-state index >= 15 is 0 Å². The van der Waals surface area contributed by atoms with E-state index in [-0.39, 0.29) is 11.5 Å². The fraction of sp³-hybridized carbons (Fsp3) is 0.200. The Balaban J connectivity index is 2.39. The van der Waals surface area contributed by atoms with E-state index in [2.05, 4.69) is 11.2 Å². The second-order valence-corrected chi connectivity index (χ2v) is 5.59. The van der Waals surface area contributed by atoms with E-state index < -0.39 is 0 Å². The van der Waals surface area contributed by atoms with Gasteiger partial charge in [-0.1, -0.05) is 18.1 Å². The van der Waals surface area contributed by atoms with Gasteiger partial charge in [-0.25, -0.2) is 0 Å². The van der Waals surface area contributed by atoms with Gasteiger partial charge in [0, 0.05) is 29.9 Å². The molecule has 2 aromatic rings. The van der Waals surface area contributed by atoms with Gasteiger partial charge in [-0.15, -0.1) is 6.42 Å². The normalized spacial score (nSPS) is 11.0. The number of aryl methyl sites for hydroxylation is 2. The molecule has 0 saturated carbocycles. The summed E-state index contributed by atoms with van der Waals surface area (Å²) in [5.74, 6) is 2.30. The van der Waals surface area contributed by atoms with Crippen molar-refractivity contribution < 1.29 is 4.79 Å². The highest BCUT2D eigenvalue weighted by Gasteiger charge is 2.14. The Morgan fingerprint density at radius 3 is 2.50 bits per heavy atom. The molecule has 1 heterocycles. The van der Waals surface area contributed by atoms with Crippen molar-refractivity contribution in [1.29, 1.82) is 0 Å². The van der Waals surface area contributed by atoms with Crippen LogP contribution in [0.25, 0.3) is 5.70 Å². The molecule has 0 radical (unpaired) electrons. The van der Waals surface area contributed by atoms with E-state index in [0.29, 0.717) is 22.5 Å². The lowest BCUT2D eigenvalue weighted by Gasteiger charge is -2.14. The zero-order valence-electron chi connectivity index (χ0n) is 14.3. The molecule has 4 heteroatoms. The van der Waals surface area contributed by atoms with Gasteiger partial charge in [-0.3, -0.25) is 9.59 Å². The quantitative estimate of drug-likeness (QED) is 0.884. The number of nitrogens with one attached hydrogen (secondary N) is 1. The fourth-order valence-corrected chi connectivity index (χ4v) is 2.40. The van der Waals surface area contributed by atoms with Crippen LogP contribution in [0.15, 0.2) is 41.2 Å². The monoisotopic (exact) mass is 320 g/mol. The molecule has 1 aromatic carbocycles. The first-order valence-electron chi connectivity index (χ1n) is 7.61. The first-order chi connectivity index (χ1) is 11.4. The average Bonchev–Trinajstić information content (AvgIpc) is 2.57. The molecule has 0 aliphatic carbocycles. The lowest BCUT2D eigenvalue weighted by molar-refractivity contribution is 0.0973. The third-order valence-electron chi connectivity index (χ3n) is 4.05. The lowest BCUT2D eigenvalue weighted by atomic mass is 10.0. The molecule has 0 unspecified atom stereocenters. The summed E-state index contributed by atoms with van der Waals surface area (Å²) in [4.78, 5) is 24.3. The molecule has 0 spiro atoms. The number of hydrogen-bond acceptors (Lipinski definition) is 2. The van der Waals surface area contributed by atoms with Gasteiger partial charge < -0.3 is 9.88 Å². The van der Waals surface area contributed by atoms with Gasteiger partial charge >= 0.3 is 0 Å². The zero-order valence-corrected chi connectivity index (χ0v) is 14.3. The largest absolute Gasteiger partial charge is 0.322 e. The van der Waals surface area contributed by atoms with Gasteiger partial charge in [0.2, 0.25) is 0 Å². The summed E-state index contributed by atoms with van der Waals surface area (Å²) in [7, 11) is 1.61. The molecule has 1 aromatic heterocycles. The Kier molecular flexibility index (Phi) is 5.05. The summed E-state index contributed by atoms with van der Waals surface area (Å²) >= 11 is 0. The van der Waals surface area contributed by atoms with E-state index in [1.54, 1.807) is 32.2 Å². The fourth-order valence-electron chi connectivity index (χ4n) is 2.40. The van der Waals surface area contributed by atoms with Crippen LogP contribution in [0.2, 0.25) is 0 Å². The number of hydrogen-bond donors (Lipinski definition) is 1. The van der Waals surface area contributed by atoms with Crippen LogP contribution in [0.1, 0.15) is 39.7 Å². The van der Waals surface area contributed by atoms with Crippen LogP contribution in [0.3, 0.4) is 0 Å². The number of carbonyl (C=O) groups is 1. The topological polar surface area (TPSA) is 51.1 Å². The van der Waals surface area contributed by atoms with Crippen LogP contribution < -0.4 is 10.9 Å². The van der Waals surface area contributed by atoms with E-state index in [4.69, 9.17) is 6.42 Å². The highest BCUT2D eigenvalue weighted by molar-refractivity contribution is 6.00. The minimum Gasteiger partial charge on any atom is -0.322 e. The maximum Gasteiger partial charge on any atom is 0.255 e. The summed E-state index contributed by atoms with van der Waals surface area (Å²) < 4.78 is 1.39. The van der Waals surface area contributed by atoms with Crippen LogP contribution in [-0.4, -0.2) is 10.5 Å². The van der Waals surface area contributed by atoms with Crippen molar-refractivity contribution in [1.82, 2.24) is 9.88 Å². The SMILES string of the molecule is C#Cc1c(/C(=C\C)NC(=O)c2ccc(C)c(C)c2)ccc(=O)n1C. The Morgan fingerprint density at radius 2 is 1.92 bits per heavy atom. The van der Waals surface area contributed by atoms with E-state index in [1.807, 2.05) is 26.0 Å². The smallest absolute Gasteiger partial charge is 0.255 e. The third-order valence-corrected chi connectivity index (χ3v) is 4.05. The predicted octanol–water partition coefficient (Wildman–Crippen LogP) is 2.77. The number of rotatable bonds is 3. The first-order valence-corrected chi connectivity index (χ1v) is 7.61.